The summed E-state index contributed by atoms with van der Waals surface area (Å²) in [5, 5.41) is 6.96. The summed E-state index contributed by atoms with van der Waals surface area (Å²) in [7, 11) is 1.79. The maximum Gasteiger partial charge on any atom is 0.259 e. The number of nitrogens with two attached hydrogens (primary N) is 1. The van der Waals surface area contributed by atoms with Crippen molar-refractivity contribution in [2.75, 3.05) is 11.1 Å². The van der Waals surface area contributed by atoms with Crippen LogP contribution in [-0.2, 0) is 11.8 Å². The summed E-state index contributed by atoms with van der Waals surface area (Å²) in [5.74, 6) is 0.0438. The van der Waals surface area contributed by atoms with Crippen molar-refractivity contribution in [2.24, 2.45) is 12.8 Å². The normalized spacial score (nSPS) is 10.5. The van der Waals surface area contributed by atoms with Gasteiger partial charge in [-0.3, -0.25) is 14.3 Å². The van der Waals surface area contributed by atoms with E-state index in [1.807, 2.05) is 31.2 Å². The minimum Gasteiger partial charge on any atom is -0.370 e. The molecule has 0 saturated carbocycles. The van der Waals surface area contributed by atoms with Crippen LogP contribution in [0, 0.1) is 6.92 Å². The SMILES string of the molecule is Cc1c(C(=O)Nc2ccccc2SCCC(N)=O)cnn1C. The predicted octanol–water partition coefficient (Wildman–Crippen LogP) is 1.95. The number of aryl methyl sites for hydroxylation is 1. The molecule has 0 spiro atoms. The number of hydrogen-bond acceptors (Lipinski definition) is 4. The summed E-state index contributed by atoms with van der Waals surface area (Å²) < 4.78 is 1.66. The van der Waals surface area contributed by atoms with Gasteiger partial charge in [-0.15, -0.1) is 11.8 Å². The summed E-state index contributed by atoms with van der Waals surface area (Å²) in [6, 6.07) is 7.47. The molecule has 0 radical (unpaired) electrons. The Bertz CT molecular complexity index is 697. The zero-order chi connectivity index (χ0) is 16.1. The monoisotopic (exact) mass is 318 g/mol. The van der Waals surface area contributed by atoms with E-state index in [4.69, 9.17) is 5.73 Å². The zero-order valence-electron chi connectivity index (χ0n) is 12.5. The van der Waals surface area contributed by atoms with E-state index in [1.165, 1.54) is 11.8 Å². The quantitative estimate of drug-likeness (QED) is 0.797. The molecule has 1 aromatic heterocycles. The summed E-state index contributed by atoms with van der Waals surface area (Å²) in [5.41, 5.74) is 7.20. The third-order valence-corrected chi connectivity index (χ3v) is 4.30. The van der Waals surface area contributed by atoms with E-state index in [1.54, 1.807) is 17.9 Å². The molecule has 0 aliphatic heterocycles. The van der Waals surface area contributed by atoms with E-state index >= 15 is 0 Å². The first-order valence-corrected chi connectivity index (χ1v) is 7.77. The third-order valence-electron chi connectivity index (χ3n) is 3.22. The number of rotatable bonds is 6. The number of benzene rings is 1. The second-order valence-corrected chi connectivity index (χ2v) is 5.92. The second-order valence-electron chi connectivity index (χ2n) is 4.78. The Labute approximate surface area is 133 Å². The Morgan fingerprint density at radius 1 is 1.36 bits per heavy atom. The summed E-state index contributed by atoms with van der Waals surface area (Å²) >= 11 is 1.49. The molecular weight excluding hydrogens is 300 g/mol. The van der Waals surface area contributed by atoms with Crippen LogP contribution in [0.25, 0.3) is 0 Å². The van der Waals surface area contributed by atoms with Crippen LogP contribution >= 0.6 is 11.8 Å². The van der Waals surface area contributed by atoms with Gasteiger partial charge in [0, 0.05) is 29.8 Å². The van der Waals surface area contributed by atoms with E-state index < -0.39 is 0 Å². The highest BCUT2D eigenvalue weighted by atomic mass is 32.2. The first-order chi connectivity index (χ1) is 10.5. The van der Waals surface area contributed by atoms with E-state index in [9.17, 15) is 9.59 Å². The van der Waals surface area contributed by atoms with Gasteiger partial charge in [0.15, 0.2) is 0 Å². The predicted molar refractivity (Wildman–Crippen MR) is 86.9 cm³/mol. The first-order valence-electron chi connectivity index (χ1n) is 6.79. The standard InChI is InChI=1S/C15H18N4O2S/c1-10-11(9-17-19(10)2)15(21)18-12-5-3-4-6-13(12)22-8-7-14(16)20/h3-6,9H,7-8H2,1-2H3,(H2,16,20)(H,18,21). The van der Waals surface area contributed by atoms with Crippen molar-refractivity contribution in [3.05, 3.63) is 41.7 Å². The summed E-state index contributed by atoms with van der Waals surface area (Å²) in [4.78, 5) is 24.0. The minimum absolute atomic E-state index is 0.200. The zero-order valence-corrected chi connectivity index (χ0v) is 13.3. The van der Waals surface area contributed by atoms with E-state index in [2.05, 4.69) is 10.4 Å². The number of nitrogens with one attached hydrogen (secondary N) is 1. The highest BCUT2D eigenvalue weighted by molar-refractivity contribution is 7.99. The van der Waals surface area contributed by atoms with Crippen LogP contribution in [0.4, 0.5) is 5.69 Å². The largest absolute Gasteiger partial charge is 0.370 e. The molecule has 0 unspecified atom stereocenters. The highest BCUT2D eigenvalue weighted by Gasteiger charge is 2.14. The van der Waals surface area contributed by atoms with Gasteiger partial charge in [0.2, 0.25) is 5.91 Å². The number of carbonyl (C=O) groups is 2. The third kappa shape index (κ3) is 3.88. The molecule has 2 aromatic rings. The fourth-order valence-electron chi connectivity index (χ4n) is 1.87. The summed E-state index contributed by atoms with van der Waals surface area (Å²) in [6.45, 7) is 1.84. The molecule has 1 aromatic carbocycles. The van der Waals surface area contributed by atoms with E-state index in [-0.39, 0.29) is 11.8 Å². The van der Waals surface area contributed by atoms with E-state index in [0.717, 1.165) is 10.6 Å². The summed E-state index contributed by atoms with van der Waals surface area (Å²) in [6.07, 6.45) is 1.85. The Morgan fingerprint density at radius 3 is 2.73 bits per heavy atom. The fourth-order valence-corrected chi connectivity index (χ4v) is 2.84. The molecule has 2 amide bonds. The number of aromatic nitrogens is 2. The molecule has 1 heterocycles. The van der Waals surface area contributed by atoms with Crippen molar-refractivity contribution in [1.82, 2.24) is 9.78 Å². The number of nitrogens with zero attached hydrogens (tertiary/aromatic N) is 2. The molecule has 116 valence electrons. The topological polar surface area (TPSA) is 90.0 Å². The number of primary amides is 1. The van der Waals surface area contributed by atoms with Crippen molar-refractivity contribution in [1.29, 1.82) is 0 Å². The van der Waals surface area contributed by atoms with Gasteiger partial charge in [-0.2, -0.15) is 5.10 Å². The van der Waals surface area contributed by atoms with Crippen LogP contribution in [0.15, 0.2) is 35.4 Å². The number of anilines is 1. The van der Waals surface area contributed by atoms with Crippen LogP contribution in [0.5, 0.6) is 0 Å². The van der Waals surface area contributed by atoms with Gasteiger partial charge < -0.3 is 11.1 Å². The van der Waals surface area contributed by atoms with Crippen molar-refractivity contribution in [2.45, 2.75) is 18.2 Å². The van der Waals surface area contributed by atoms with Gasteiger partial charge in [0.05, 0.1) is 17.4 Å². The number of hydrogen-bond donors (Lipinski definition) is 2. The van der Waals surface area contributed by atoms with Crippen LogP contribution < -0.4 is 11.1 Å². The Balaban J connectivity index is 2.10. The molecule has 0 saturated heterocycles. The number of thioether (sulfide) groups is 1. The van der Waals surface area contributed by atoms with Crippen LogP contribution in [0.1, 0.15) is 22.5 Å². The molecule has 0 aliphatic rings. The van der Waals surface area contributed by atoms with Gasteiger partial charge in [0.1, 0.15) is 0 Å². The maximum absolute atomic E-state index is 12.3. The maximum atomic E-state index is 12.3. The van der Waals surface area contributed by atoms with Gasteiger partial charge in [0.25, 0.3) is 5.91 Å². The molecule has 2 rings (SSSR count). The van der Waals surface area contributed by atoms with Crippen molar-refractivity contribution < 1.29 is 9.59 Å². The molecule has 0 atom stereocenters. The molecule has 0 fully saturated rings. The molecule has 22 heavy (non-hydrogen) atoms. The van der Waals surface area contributed by atoms with Crippen LogP contribution in [0.3, 0.4) is 0 Å². The Kier molecular flexibility index (Phi) is 5.21. The lowest BCUT2D eigenvalue weighted by Crippen LogP contribution is -2.14. The Morgan fingerprint density at radius 2 is 2.09 bits per heavy atom. The van der Waals surface area contributed by atoms with Gasteiger partial charge in [-0.1, -0.05) is 12.1 Å². The van der Waals surface area contributed by atoms with Gasteiger partial charge in [-0.25, -0.2) is 0 Å². The molecule has 7 heteroatoms. The molecular formula is C15H18N4O2S. The van der Waals surface area contributed by atoms with Crippen LogP contribution in [0.2, 0.25) is 0 Å². The molecule has 3 N–H and O–H groups in total. The number of amides is 2. The van der Waals surface area contributed by atoms with Crippen molar-refractivity contribution in [3.8, 4) is 0 Å². The van der Waals surface area contributed by atoms with Gasteiger partial charge in [-0.05, 0) is 19.1 Å². The minimum atomic E-state index is -0.333. The lowest BCUT2D eigenvalue weighted by Gasteiger charge is -2.10. The number of carbonyl (C=O) groups excluding carboxylic acids is 2. The lowest BCUT2D eigenvalue weighted by atomic mass is 10.2. The van der Waals surface area contributed by atoms with Crippen LogP contribution in [-0.4, -0.2) is 27.3 Å². The smallest absolute Gasteiger partial charge is 0.259 e. The fraction of sp³-hybridized carbons (Fsp3) is 0.267. The average Bonchev–Trinajstić information content (AvgIpc) is 2.80. The molecule has 6 nitrogen and oxygen atoms in total. The Hall–Kier alpha value is -2.28. The van der Waals surface area contributed by atoms with Crippen molar-refractivity contribution >= 4 is 29.3 Å². The lowest BCUT2D eigenvalue weighted by molar-refractivity contribution is -0.117. The van der Waals surface area contributed by atoms with Crippen molar-refractivity contribution in [3.63, 3.8) is 0 Å². The highest BCUT2D eigenvalue weighted by Crippen LogP contribution is 2.28. The van der Waals surface area contributed by atoms with Gasteiger partial charge >= 0.3 is 0 Å². The molecule has 0 aliphatic carbocycles. The first kappa shape index (κ1) is 16.1. The number of para-hydroxylation sites is 1. The van der Waals surface area contributed by atoms with E-state index in [0.29, 0.717) is 23.4 Å². The average molecular weight is 318 g/mol. The second kappa shape index (κ2) is 7.13. The molecule has 0 bridgehead atoms.